The first kappa shape index (κ1) is 20.7. The smallest absolute Gasteiger partial charge is 0.335 e. The Morgan fingerprint density at radius 3 is 1.05 bits per heavy atom. The molecule has 4 heteroatoms. The number of carbonyl (C=O) groups is 2. The first-order chi connectivity index (χ1) is 9.61. The molecule has 0 spiro atoms. The molecule has 0 heterocycles. The summed E-state index contributed by atoms with van der Waals surface area (Å²) in [6.07, 6.45) is 0. The van der Waals surface area contributed by atoms with Crippen LogP contribution >= 0.6 is 0 Å². The highest BCUT2D eigenvalue weighted by molar-refractivity contribution is 5.87. The van der Waals surface area contributed by atoms with E-state index in [1.807, 2.05) is 13.8 Å². The Bertz CT molecular complexity index is 457. The van der Waals surface area contributed by atoms with Gasteiger partial charge >= 0.3 is 11.9 Å². The van der Waals surface area contributed by atoms with Crippen LogP contribution in [0.15, 0.2) is 60.7 Å². The van der Waals surface area contributed by atoms with Crippen LogP contribution in [0.25, 0.3) is 0 Å². The van der Waals surface area contributed by atoms with Gasteiger partial charge in [0, 0.05) is 0 Å². The van der Waals surface area contributed by atoms with Crippen molar-refractivity contribution < 1.29 is 19.8 Å². The van der Waals surface area contributed by atoms with Crippen molar-refractivity contribution in [3.8, 4) is 0 Å². The summed E-state index contributed by atoms with van der Waals surface area (Å²) in [5.41, 5.74) is 0.662. The van der Waals surface area contributed by atoms with E-state index >= 15 is 0 Å². The van der Waals surface area contributed by atoms with Gasteiger partial charge < -0.3 is 10.2 Å². The maximum absolute atomic E-state index is 10.2. The fourth-order valence-corrected chi connectivity index (χ4v) is 1.16. The predicted octanol–water partition coefficient (Wildman–Crippen LogP) is 4.43. The van der Waals surface area contributed by atoms with Gasteiger partial charge in [-0.25, -0.2) is 9.59 Å². The predicted molar refractivity (Wildman–Crippen MR) is 84.9 cm³/mol. The quantitative estimate of drug-likeness (QED) is 0.857. The standard InChI is InChI=1S/2C7H6O2.C2H6.CH4/c2*8-7(9)6-4-2-1-3-5-6;1-2;/h2*1-5H,(H,8,9);1-2H3;1H4. The molecule has 2 N–H and O–H groups in total. The molecule has 0 amide bonds. The average molecular weight is 290 g/mol. The lowest BCUT2D eigenvalue weighted by atomic mass is 10.2. The number of benzene rings is 2. The summed E-state index contributed by atoms with van der Waals surface area (Å²) in [6, 6.07) is 16.6. The zero-order valence-corrected chi connectivity index (χ0v) is 11.5. The molecule has 0 fully saturated rings. The lowest BCUT2D eigenvalue weighted by molar-refractivity contribution is 0.0686. The molecule has 0 bridgehead atoms. The van der Waals surface area contributed by atoms with E-state index in [2.05, 4.69) is 0 Å². The van der Waals surface area contributed by atoms with Gasteiger partial charge in [-0.1, -0.05) is 57.7 Å². The third-order valence-electron chi connectivity index (χ3n) is 2.04. The molecular weight excluding hydrogens is 268 g/mol. The van der Waals surface area contributed by atoms with Gasteiger partial charge in [0.05, 0.1) is 11.1 Å². The van der Waals surface area contributed by atoms with Gasteiger partial charge in [0.2, 0.25) is 0 Å². The summed E-state index contributed by atoms with van der Waals surface area (Å²) >= 11 is 0. The molecule has 0 aliphatic carbocycles. The van der Waals surface area contributed by atoms with Crippen LogP contribution in [0.5, 0.6) is 0 Å². The Labute approximate surface area is 125 Å². The summed E-state index contributed by atoms with van der Waals surface area (Å²) in [6.45, 7) is 4.00. The number of rotatable bonds is 2. The minimum Gasteiger partial charge on any atom is -0.478 e. The van der Waals surface area contributed by atoms with Gasteiger partial charge in [-0.15, -0.1) is 0 Å². The third kappa shape index (κ3) is 8.99. The maximum Gasteiger partial charge on any atom is 0.335 e. The van der Waals surface area contributed by atoms with Crippen LogP contribution in [0, 0.1) is 0 Å². The minimum absolute atomic E-state index is 0. The summed E-state index contributed by atoms with van der Waals surface area (Å²) < 4.78 is 0. The zero-order valence-electron chi connectivity index (χ0n) is 11.5. The molecule has 2 aromatic carbocycles. The summed E-state index contributed by atoms with van der Waals surface area (Å²) in [5.74, 6) is -1.76. The minimum atomic E-state index is -0.879. The van der Waals surface area contributed by atoms with Crippen molar-refractivity contribution in [1.82, 2.24) is 0 Å². The average Bonchev–Trinajstić information content (AvgIpc) is 2.51. The molecule has 2 rings (SSSR count). The van der Waals surface area contributed by atoms with Gasteiger partial charge in [0.25, 0.3) is 0 Å². The molecule has 2 aromatic rings. The van der Waals surface area contributed by atoms with Gasteiger partial charge in [-0.3, -0.25) is 0 Å². The van der Waals surface area contributed by atoms with Crippen LogP contribution in [0.2, 0.25) is 0 Å². The highest BCUT2D eigenvalue weighted by atomic mass is 16.4. The molecule has 0 aliphatic heterocycles. The van der Waals surface area contributed by atoms with Crippen molar-refractivity contribution >= 4 is 11.9 Å². The van der Waals surface area contributed by atoms with Crippen LogP contribution in [-0.2, 0) is 0 Å². The number of carboxylic acid groups (broad SMARTS) is 2. The van der Waals surface area contributed by atoms with Gasteiger partial charge in [0.1, 0.15) is 0 Å². The Kier molecular flexibility index (Phi) is 12.2. The van der Waals surface area contributed by atoms with Crippen molar-refractivity contribution in [1.29, 1.82) is 0 Å². The number of hydrogen-bond donors (Lipinski definition) is 2. The lowest BCUT2D eigenvalue weighted by Gasteiger charge is -1.88. The number of carboxylic acids is 2. The molecule has 0 saturated heterocycles. The van der Waals surface area contributed by atoms with Gasteiger partial charge in [-0.2, -0.15) is 0 Å². The largest absolute Gasteiger partial charge is 0.478 e. The second-order valence-corrected chi connectivity index (χ2v) is 3.34. The summed E-state index contributed by atoms with van der Waals surface area (Å²) in [4.78, 5) is 20.4. The fourth-order valence-electron chi connectivity index (χ4n) is 1.16. The highest BCUT2D eigenvalue weighted by Gasteiger charge is 1.97. The van der Waals surface area contributed by atoms with Crippen molar-refractivity contribution in [2.75, 3.05) is 0 Å². The molecule has 0 atom stereocenters. The zero-order chi connectivity index (χ0) is 15.4. The van der Waals surface area contributed by atoms with Crippen molar-refractivity contribution in [2.45, 2.75) is 21.3 Å². The molecule has 0 unspecified atom stereocenters. The first-order valence-corrected chi connectivity index (χ1v) is 6.18. The fraction of sp³-hybridized carbons (Fsp3) is 0.176. The monoisotopic (exact) mass is 290 g/mol. The van der Waals surface area contributed by atoms with E-state index in [0.29, 0.717) is 11.1 Å². The SMILES string of the molecule is C.CC.O=C(O)c1ccccc1.O=C(O)c1ccccc1. The number of hydrogen-bond acceptors (Lipinski definition) is 2. The van der Waals surface area contributed by atoms with Crippen LogP contribution in [0.1, 0.15) is 42.0 Å². The van der Waals surface area contributed by atoms with Crippen molar-refractivity contribution in [3.05, 3.63) is 71.8 Å². The Morgan fingerprint density at radius 2 is 0.905 bits per heavy atom. The van der Waals surface area contributed by atoms with Crippen molar-refractivity contribution in [2.24, 2.45) is 0 Å². The Balaban J connectivity index is 0. The Hall–Kier alpha value is -2.62. The molecule has 0 radical (unpaired) electrons. The molecule has 4 nitrogen and oxygen atoms in total. The molecule has 0 aliphatic rings. The van der Waals surface area contributed by atoms with Gasteiger partial charge in [-0.05, 0) is 24.3 Å². The normalized spacial score (nSPS) is 7.90. The third-order valence-corrected chi connectivity index (χ3v) is 2.04. The first-order valence-electron chi connectivity index (χ1n) is 6.18. The van der Waals surface area contributed by atoms with E-state index in [1.165, 1.54) is 0 Å². The molecule has 21 heavy (non-hydrogen) atoms. The van der Waals surface area contributed by atoms with E-state index in [0.717, 1.165) is 0 Å². The highest BCUT2D eigenvalue weighted by Crippen LogP contribution is 1.96. The van der Waals surface area contributed by atoms with E-state index in [-0.39, 0.29) is 7.43 Å². The van der Waals surface area contributed by atoms with E-state index in [9.17, 15) is 9.59 Å². The maximum atomic E-state index is 10.2. The van der Waals surface area contributed by atoms with Gasteiger partial charge in [0.15, 0.2) is 0 Å². The second-order valence-electron chi connectivity index (χ2n) is 3.34. The van der Waals surface area contributed by atoms with Crippen LogP contribution < -0.4 is 0 Å². The molecule has 114 valence electrons. The van der Waals surface area contributed by atoms with Crippen LogP contribution in [0.4, 0.5) is 0 Å². The van der Waals surface area contributed by atoms with E-state index in [4.69, 9.17) is 10.2 Å². The number of aromatic carboxylic acids is 2. The van der Waals surface area contributed by atoms with Crippen LogP contribution in [-0.4, -0.2) is 22.2 Å². The van der Waals surface area contributed by atoms with Crippen LogP contribution in [0.3, 0.4) is 0 Å². The Morgan fingerprint density at radius 1 is 0.667 bits per heavy atom. The molecule has 0 aromatic heterocycles. The molecule has 0 saturated carbocycles. The van der Waals surface area contributed by atoms with Crippen molar-refractivity contribution in [3.63, 3.8) is 0 Å². The topological polar surface area (TPSA) is 74.6 Å². The summed E-state index contributed by atoms with van der Waals surface area (Å²) in [7, 11) is 0. The van der Waals surface area contributed by atoms with E-state index in [1.54, 1.807) is 60.7 Å². The second kappa shape index (κ2) is 12.4. The van der Waals surface area contributed by atoms with E-state index < -0.39 is 11.9 Å². The summed E-state index contributed by atoms with van der Waals surface area (Å²) in [5, 5.41) is 16.8. The molecular formula is C17H22O4. The lowest BCUT2D eigenvalue weighted by Crippen LogP contribution is -1.93.